The van der Waals surface area contributed by atoms with Crippen molar-refractivity contribution in [3.05, 3.63) is 102 Å². The van der Waals surface area contributed by atoms with Crippen LogP contribution in [0.2, 0.25) is 0 Å². The molecule has 0 bridgehead atoms. The molecule has 2 aliphatic rings. The molecule has 1 aliphatic carbocycles. The summed E-state index contributed by atoms with van der Waals surface area (Å²) in [6.07, 6.45) is 5.68. The van der Waals surface area contributed by atoms with Crippen LogP contribution in [0.4, 0.5) is 0 Å². The number of amides is 1. The van der Waals surface area contributed by atoms with Crippen LogP contribution in [0.3, 0.4) is 0 Å². The third kappa shape index (κ3) is 7.05. The van der Waals surface area contributed by atoms with E-state index < -0.39 is 28.0 Å². The van der Waals surface area contributed by atoms with Gasteiger partial charge in [0.15, 0.2) is 0 Å². The Kier molecular flexibility index (Phi) is 9.10. The summed E-state index contributed by atoms with van der Waals surface area (Å²) in [5.74, 6) is -1.00. The summed E-state index contributed by atoms with van der Waals surface area (Å²) in [5, 5.41) is 9.47. The van der Waals surface area contributed by atoms with Crippen LogP contribution < -0.4 is 9.46 Å². The van der Waals surface area contributed by atoms with E-state index in [2.05, 4.69) is 4.72 Å². The molecule has 9 nitrogen and oxygen atoms in total. The van der Waals surface area contributed by atoms with Crippen LogP contribution in [0.5, 0.6) is 5.75 Å². The highest BCUT2D eigenvalue weighted by atomic mass is 32.2. The van der Waals surface area contributed by atoms with Crippen molar-refractivity contribution >= 4 is 27.5 Å². The van der Waals surface area contributed by atoms with Crippen LogP contribution in [0.25, 0.3) is 16.7 Å². The molecule has 1 saturated heterocycles. The zero-order valence-corrected chi connectivity index (χ0v) is 24.8. The molecular weight excluding hydrogens is 568 g/mol. The van der Waals surface area contributed by atoms with Gasteiger partial charge in [-0.05, 0) is 70.1 Å². The van der Waals surface area contributed by atoms with Crippen molar-refractivity contribution in [3.8, 4) is 16.9 Å². The van der Waals surface area contributed by atoms with Gasteiger partial charge in [-0.25, -0.2) is 8.42 Å². The van der Waals surface area contributed by atoms with Crippen molar-refractivity contribution < 1.29 is 32.6 Å². The van der Waals surface area contributed by atoms with Crippen molar-refractivity contribution in [1.29, 1.82) is 0 Å². The van der Waals surface area contributed by atoms with Gasteiger partial charge in [0.05, 0.1) is 18.1 Å². The minimum absolute atomic E-state index is 0.00188. The quantitative estimate of drug-likeness (QED) is 0.325. The lowest BCUT2D eigenvalue weighted by Crippen LogP contribution is -2.44. The number of hydrogen-bond donors (Lipinski definition) is 2. The Balaban J connectivity index is 1.28. The number of ether oxygens (including phenoxy) is 2. The van der Waals surface area contributed by atoms with Gasteiger partial charge in [-0.3, -0.25) is 9.59 Å². The van der Waals surface area contributed by atoms with Crippen LogP contribution in [0.1, 0.15) is 35.3 Å². The van der Waals surface area contributed by atoms with Crippen LogP contribution >= 0.6 is 0 Å². The molecule has 5 rings (SSSR count). The van der Waals surface area contributed by atoms with Crippen LogP contribution in [-0.2, 0) is 26.2 Å². The molecule has 0 unspecified atom stereocenters. The fourth-order valence-electron chi connectivity index (χ4n) is 4.85. The number of rotatable bonds is 11. The number of morpholine rings is 1. The molecule has 3 aromatic rings. The first-order valence-electron chi connectivity index (χ1n) is 14.1. The number of sulfonamides is 1. The molecule has 0 spiro atoms. The van der Waals surface area contributed by atoms with E-state index >= 15 is 0 Å². The smallest absolute Gasteiger partial charge is 0.322 e. The fourth-order valence-corrected chi connectivity index (χ4v) is 6.21. The average molecular weight is 603 g/mol. The number of nitrogens with one attached hydrogen (secondary N) is 1. The monoisotopic (exact) mass is 602 g/mol. The molecule has 1 heterocycles. The molecule has 0 aromatic heterocycles. The van der Waals surface area contributed by atoms with E-state index in [0.717, 1.165) is 27.8 Å². The number of benzene rings is 3. The molecule has 10 heteroatoms. The highest BCUT2D eigenvalue weighted by molar-refractivity contribution is 7.89. The van der Waals surface area contributed by atoms with E-state index in [4.69, 9.17) is 9.47 Å². The van der Waals surface area contributed by atoms with Crippen LogP contribution in [0, 0.1) is 5.92 Å². The molecule has 1 fully saturated rings. The Morgan fingerprint density at radius 2 is 1.65 bits per heavy atom. The first-order valence-corrected chi connectivity index (χ1v) is 15.6. The molecule has 0 radical (unpaired) electrons. The Labute approximate surface area is 251 Å². The second-order valence-electron chi connectivity index (χ2n) is 10.8. The third-order valence-electron chi connectivity index (χ3n) is 7.45. The van der Waals surface area contributed by atoms with E-state index in [1.54, 1.807) is 55.1 Å². The first kappa shape index (κ1) is 30.2. The van der Waals surface area contributed by atoms with Gasteiger partial charge in [-0.15, -0.1) is 0 Å². The largest absolute Gasteiger partial charge is 0.489 e. The SMILES string of the molecule is CC(C)[C@@H](NS(=O)(=O)c1ccc(-c2ccc(COc3ccc(C(=O)N4CCOCC4)cc3)cc2)c(C2=CC=C2)c1)C(=O)O. The Hall–Kier alpha value is -4.25. The van der Waals surface area contributed by atoms with E-state index in [-0.39, 0.29) is 10.8 Å². The van der Waals surface area contributed by atoms with E-state index in [1.165, 1.54) is 6.07 Å². The van der Waals surface area contributed by atoms with Crippen molar-refractivity contribution in [2.45, 2.75) is 31.4 Å². The number of hydrogen-bond acceptors (Lipinski definition) is 6. The van der Waals surface area contributed by atoms with Gasteiger partial charge in [0.1, 0.15) is 18.4 Å². The fraction of sp³-hybridized carbons (Fsp3) is 0.273. The summed E-state index contributed by atoms with van der Waals surface area (Å²) < 4.78 is 39.8. The lowest BCUT2D eigenvalue weighted by atomic mass is 9.91. The van der Waals surface area contributed by atoms with Gasteiger partial charge in [-0.2, -0.15) is 4.72 Å². The second-order valence-corrected chi connectivity index (χ2v) is 12.5. The lowest BCUT2D eigenvalue weighted by molar-refractivity contribution is -0.140. The molecular formula is C33H34N2O7S. The number of carbonyl (C=O) groups excluding carboxylic acids is 1. The maximum Gasteiger partial charge on any atom is 0.322 e. The van der Waals surface area contributed by atoms with Gasteiger partial charge >= 0.3 is 5.97 Å². The minimum Gasteiger partial charge on any atom is -0.489 e. The minimum atomic E-state index is -4.07. The zero-order valence-electron chi connectivity index (χ0n) is 24.0. The van der Waals surface area contributed by atoms with Gasteiger partial charge < -0.3 is 19.5 Å². The van der Waals surface area contributed by atoms with E-state index in [1.807, 2.05) is 42.5 Å². The van der Waals surface area contributed by atoms with Gasteiger partial charge in [0, 0.05) is 18.7 Å². The highest BCUT2D eigenvalue weighted by Gasteiger charge is 2.29. The number of aliphatic carboxylic acids is 1. The summed E-state index contributed by atoms with van der Waals surface area (Å²) in [7, 11) is -4.07. The van der Waals surface area contributed by atoms with Crippen molar-refractivity contribution in [3.63, 3.8) is 0 Å². The summed E-state index contributed by atoms with van der Waals surface area (Å²) >= 11 is 0. The first-order chi connectivity index (χ1) is 20.6. The summed E-state index contributed by atoms with van der Waals surface area (Å²) in [6.45, 7) is 5.94. The maximum atomic E-state index is 13.1. The number of nitrogens with zero attached hydrogens (tertiary/aromatic N) is 1. The van der Waals surface area contributed by atoms with E-state index in [9.17, 15) is 23.1 Å². The predicted octanol–water partition coefficient (Wildman–Crippen LogP) is 4.75. The molecule has 1 atom stereocenters. The molecule has 224 valence electrons. The second kappa shape index (κ2) is 12.9. The van der Waals surface area contributed by atoms with Crippen LogP contribution in [-0.4, -0.2) is 62.6 Å². The Morgan fingerprint density at radius 3 is 2.23 bits per heavy atom. The molecule has 2 N–H and O–H groups in total. The Morgan fingerprint density at radius 1 is 0.977 bits per heavy atom. The van der Waals surface area contributed by atoms with E-state index in [0.29, 0.717) is 44.2 Å². The molecule has 0 saturated carbocycles. The van der Waals surface area contributed by atoms with Gasteiger partial charge in [-0.1, -0.05) is 62.4 Å². The maximum absolute atomic E-state index is 13.1. The predicted molar refractivity (Wildman–Crippen MR) is 163 cm³/mol. The van der Waals surface area contributed by atoms with Crippen molar-refractivity contribution in [2.24, 2.45) is 5.92 Å². The van der Waals surface area contributed by atoms with Gasteiger partial charge in [0.2, 0.25) is 10.0 Å². The van der Waals surface area contributed by atoms with Crippen LogP contribution in [0.15, 0.2) is 89.9 Å². The average Bonchev–Trinajstić information content (AvgIpc) is 2.98. The number of carboxylic acid groups (broad SMARTS) is 1. The summed E-state index contributed by atoms with van der Waals surface area (Å²) in [4.78, 5) is 26.0. The molecule has 1 amide bonds. The topological polar surface area (TPSA) is 122 Å². The Bertz CT molecular complexity index is 1650. The van der Waals surface area contributed by atoms with Crippen molar-refractivity contribution in [1.82, 2.24) is 9.62 Å². The third-order valence-corrected chi connectivity index (χ3v) is 8.89. The van der Waals surface area contributed by atoms with Gasteiger partial charge in [0.25, 0.3) is 5.91 Å². The molecule has 3 aromatic carbocycles. The number of carbonyl (C=O) groups is 2. The number of carboxylic acids is 1. The summed E-state index contributed by atoms with van der Waals surface area (Å²) in [6, 6.07) is 18.5. The number of allylic oxidation sites excluding steroid dienone is 4. The normalized spacial score (nSPS) is 15.5. The molecule has 1 aliphatic heterocycles. The lowest BCUT2D eigenvalue weighted by Gasteiger charge is -2.26. The molecule has 43 heavy (non-hydrogen) atoms. The van der Waals surface area contributed by atoms with Crippen molar-refractivity contribution in [2.75, 3.05) is 26.3 Å². The standard InChI is InChI=1S/C33H34N2O7S/c1-22(2)31(33(37)38)34-43(39,40)28-14-15-29(30(20-28)24-4-3-5-24)25-8-6-23(7-9-25)21-42-27-12-10-26(11-13-27)32(36)35-16-18-41-19-17-35/h3-15,20,22,31,34H,16-19,21H2,1-2H3,(H,37,38)/t31-/m1/s1. The zero-order chi connectivity index (χ0) is 30.6. The highest BCUT2D eigenvalue weighted by Crippen LogP contribution is 2.34. The summed E-state index contributed by atoms with van der Waals surface area (Å²) in [5.41, 5.74) is 4.92.